The summed E-state index contributed by atoms with van der Waals surface area (Å²) in [6.07, 6.45) is 6.46. The minimum absolute atomic E-state index is 0.257. The Morgan fingerprint density at radius 1 is 1.04 bits per heavy atom. The molecule has 8 nitrogen and oxygen atoms in total. The zero-order valence-electron chi connectivity index (χ0n) is 15.4. The first-order valence-corrected chi connectivity index (χ1v) is 11.7. The van der Waals surface area contributed by atoms with Crippen molar-refractivity contribution in [1.82, 2.24) is 0 Å². The van der Waals surface area contributed by atoms with E-state index in [0.717, 1.165) is 44.3 Å². The second-order valence-electron chi connectivity index (χ2n) is 6.09. The van der Waals surface area contributed by atoms with E-state index in [1.165, 1.54) is 5.56 Å². The minimum Gasteiger partial charge on any atom is -0.377 e. The predicted octanol–water partition coefficient (Wildman–Crippen LogP) is 4.33. The largest absolute Gasteiger partial charge is 0.481 e. The number of benzene rings is 1. The van der Waals surface area contributed by atoms with E-state index in [1.54, 1.807) is 6.08 Å². The van der Waals surface area contributed by atoms with Gasteiger partial charge in [-0.1, -0.05) is 54.8 Å². The summed E-state index contributed by atoms with van der Waals surface area (Å²) in [5, 5.41) is 0. The van der Waals surface area contributed by atoms with Crippen LogP contribution in [0.3, 0.4) is 0 Å². The highest BCUT2D eigenvalue weighted by molar-refractivity contribution is 7.60. The topological polar surface area (TPSA) is 123 Å². The van der Waals surface area contributed by atoms with Crippen LogP contribution in [0, 0.1) is 0 Å². The van der Waals surface area contributed by atoms with Crippen LogP contribution in [-0.2, 0) is 29.3 Å². The molecule has 0 saturated carbocycles. The van der Waals surface area contributed by atoms with Crippen molar-refractivity contribution in [3.8, 4) is 0 Å². The number of ether oxygens (including phenoxy) is 1. The highest BCUT2D eigenvalue weighted by atomic mass is 31.3. The Hall–Kier alpha value is -0.820. The lowest BCUT2D eigenvalue weighted by Gasteiger charge is -2.11. The molecular formula is C17H28O8P2. The van der Waals surface area contributed by atoms with E-state index in [9.17, 15) is 9.13 Å². The molecule has 1 aromatic carbocycles. The number of hydrogen-bond donors (Lipinski definition) is 3. The van der Waals surface area contributed by atoms with Crippen LogP contribution >= 0.6 is 15.6 Å². The van der Waals surface area contributed by atoms with E-state index >= 15 is 0 Å². The van der Waals surface area contributed by atoms with Crippen molar-refractivity contribution in [2.45, 2.75) is 45.6 Å². The maximum Gasteiger partial charge on any atom is 0.481 e. The molecule has 0 fully saturated rings. The van der Waals surface area contributed by atoms with Crippen molar-refractivity contribution >= 4 is 15.6 Å². The Bertz CT molecular complexity index is 656. The molecule has 0 aliphatic carbocycles. The Balaban J connectivity index is 2.04. The molecule has 0 heterocycles. The van der Waals surface area contributed by atoms with E-state index in [-0.39, 0.29) is 6.61 Å². The van der Waals surface area contributed by atoms with Gasteiger partial charge >= 0.3 is 15.6 Å². The van der Waals surface area contributed by atoms with E-state index in [4.69, 9.17) is 19.4 Å². The molecule has 0 amide bonds. The molecule has 0 aliphatic rings. The molecule has 154 valence electrons. The average molecular weight is 422 g/mol. The van der Waals surface area contributed by atoms with Crippen LogP contribution in [0.1, 0.15) is 44.6 Å². The van der Waals surface area contributed by atoms with Crippen LogP contribution < -0.4 is 0 Å². The fourth-order valence-electron chi connectivity index (χ4n) is 2.26. The maximum atomic E-state index is 11.3. The van der Waals surface area contributed by atoms with Gasteiger partial charge in [-0.25, -0.2) is 9.13 Å². The van der Waals surface area contributed by atoms with Gasteiger partial charge in [0.15, 0.2) is 0 Å². The number of rotatable bonds is 14. The summed E-state index contributed by atoms with van der Waals surface area (Å²) in [5.41, 5.74) is 2.13. The van der Waals surface area contributed by atoms with Crippen LogP contribution in [-0.4, -0.2) is 27.9 Å². The normalized spacial score (nSPS) is 14.9. The van der Waals surface area contributed by atoms with Gasteiger partial charge in [0.2, 0.25) is 0 Å². The molecule has 0 aliphatic heterocycles. The predicted molar refractivity (Wildman–Crippen MR) is 102 cm³/mol. The highest BCUT2D eigenvalue weighted by Gasteiger charge is 2.31. The summed E-state index contributed by atoms with van der Waals surface area (Å²) in [5.74, 6) is 0. The Morgan fingerprint density at radius 3 is 2.37 bits per heavy atom. The molecule has 1 unspecified atom stereocenters. The second kappa shape index (κ2) is 12.6. The molecule has 0 aromatic heterocycles. The first-order valence-electron chi connectivity index (χ1n) is 8.69. The summed E-state index contributed by atoms with van der Waals surface area (Å²) < 4.78 is 35.6. The fourth-order valence-corrected chi connectivity index (χ4v) is 3.79. The van der Waals surface area contributed by atoms with Gasteiger partial charge in [0.25, 0.3) is 0 Å². The Kier molecular flexibility index (Phi) is 11.3. The number of phosphoric acid groups is 2. The molecule has 1 rings (SSSR count). The number of unbranched alkanes of at least 4 members (excludes halogenated alkanes) is 3. The van der Waals surface area contributed by atoms with E-state index in [0.29, 0.717) is 6.61 Å². The molecule has 27 heavy (non-hydrogen) atoms. The van der Waals surface area contributed by atoms with Crippen molar-refractivity contribution < 1.29 is 37.4 Å². The molecule has 1 atom stereocenters. The van der Waals surface area contributed by atoms with Crippen molar-refractivity contribution in [1.29, 1.82) is 0 Å². The van der Waals surface area contributed by atoms with Gasteiger partial charge in [-0.2, -0.15) is 4.31 Å². The first kappa shape index (κ1) is 24.2. The van der Waals surface area contributed by atoms with Crippen molar-refractivity contribution in [3.05, 3.63) is 47.5 Å². The third-order valence-electron chi connectivity index (χ3n) is 3.60. The van der Waals surface area contributed by atoms with Gasteiger partial charge < -0.3 is 19.4 Å². The van der Waals surface area contributed by atoms with Gasteiger partial charge in [-0.05, 0) is 31.7 Å². The zero-order chi connectivity index (χ0) is 20.2. The van der Waals surface area contributed by atoms with Crippen molar-refractivity contribution in [2.24, 2.45) is 0 Å². The molecular weight excluding hydrogens is 394 g/mol. The summed E-state index contributed by atoms with van der Waals surface area (Å²) in [6.45, 7) is 2.96. The van der Waals surface area contributed by atoms with Crippen LogP contribution in [0.2, 0.25) is 0 Å². The maximum absolute atomic E-state index is 11.3. The molecule has 0 radical (unpaired) electrons. The van der Waals surface area contributed by atoms with Crippen LogP contribution in [0.15, 0.2) is 42.0 Å². The lowest BCUT2D eigenvalue weighted by Crippen LogP contribution is -1.96. The van der Waals surface area contributed by atoms with Crippen LogP contribution in [0.5, 0.6) is 0 Å². The monoisotopic (exact) mass is 422 g/mol. The second-order valence-corrected chi connectivity index (χ2v) is 8.92. The van der Waals surface area contributed by atoms with Crippen LogP contribution in [0.25, 0.3) is 0 Å². The van der Waals surface area contributed by atoms with Crippen LogP contribution in [0.4, 0.5) is 0 Å². The molecule has 1 aromatic rings. The molecule has 0 spiro atoms. The third kappa shape index (κ3) is 13.9. The zero-order valence-corrected chi connectivity index (χ0v) is 17.2. The van der Waals surface area contributed by atoms with Gasteiger partial charge in [0, 0.05) is 6.61 Å². The average Bonchev–Trinajstić information content (AvgIpc) is 2.55. The smallest absolute Gasteiger partial charge is 0.377 e. The van der Waals surface area contributed by atoms with Gasteiger partial charge in [0.1, 0.15) is 0 Å². The SMILES string of the molecule is CC(=CCOP(=O)(O)OP(=O)(O)O)CCCCCCOCc1ccccc1. The Labute approximate surface area is 160 Å². The molecule has 3 N–H and O–H groups in total. The van der Waals surface area contributed by atoms with E-state index < -0.39 is 15.6 Å². The van der Waals surface area contributed by atoms with Gasteiger partial charge in [-0.15, -0.1) is 0 Å². The fraction of sp³-hybridized carbons (Fsp3) is 0.529. The van der Waals surface area contributed by atoms with Crippen molar-refractivity contribution in [3.63, 3.8) is 0 Å². The summed E-state index contributed by atoms with van der Waals surface area (Å²) in [7, 11) is -9.83. The first-order chi connectivity index (χ1) is 12.7. The van der Waals surface area contributed by atoms with E-state index in [2.05, 4.69) is 8.83 Å². The lowest BCUT2D eigenvalue weighted by atomic mass is 10.1. The summed E-state index contributed by atoms with van der Waals surface area (Å²) in [4.78, 5) is 26.1. The van der Waals surface area contributed by atoms with Gasteiger partial charge in [-0.3, -0.25) is 4.52 Å². The minimum atomic E-state index is -5.07. The van der Waals surface area contributed by atoms with Crippen molar-refractivity contribution in [2.75, 3.05) is 13.2 Å². The van der Waals surface area contributed by atoms with Gasteiger partial charge in [0.05, 0.1) is 13.2 Å². The lowest BCUT2D eigenvalue weighted by molar-refractivity contribution is 0.116. The number of phosphoric ester groups is 1. The third-order valence-corrected chi connectivity index (χ3v) is 5.75. The molecule has 0 saturated heterocycles. The molecule has 0 bridgehead atoms. The highest BCUT2D eigenvalue weighted by Crippen LogP contribution is 2.57. The summed E-state index contributed by atoms with van der Waals surface area (Å²) in [6, 6.07) is 10.0. The number of hydrogen-bond acceptors (Lipinski definition) is 5. The van der Waals surface area contributed by atoms with E-state index in [1.807, 2.05) is 37.3 Å². The number of allylic oxidation sites excluding steroid dienone is 1. The summed E-state index contributed by atoms with van der Waals surface area (Å²) >= 11 is 0. The standard InChI is InChI=1S/C17H28O8P2/c1-16(12-14-24-27(21,22)25-26(18,19)20)9-5-2-3-8-13-23-15-17-10-6-4-7-11-17/h4,6-7,10-12H,2-3,5,8-9,13-15H2,1H3,(H,21,22)(H2,18,19,20). The quantitative estimate of drug-likeness (QED) is 0.230. The Morgan fingerprint density at radius 2 is 1.70 bits per heavy atom. The molecule has 10 heteroatoms.